The molecule has 3 aliphatic carbocycles. The first kappa shape index (κ1) is 29.1. The zero-order chi connectivity index (χ0) is 31.0. The number of benzene rings is 4. The molecule has 1 saturated carbocycles. The molecule has 0 unspecified atom stereocenters. The molecule has 0 radical (unpaired) electrons. The average Bonchev–Trinajstić information content (AvgIpc) is 3.59. The van der Waals surface area contributed by atoms with Crippen LogP contribution in [0.25, 0.3) is 9.81 Å². The highest BCUT2D eigenvalue weighted by Crippen LogP contribution is 2.47. The van der Waals surface area contributed by atoms with Crippen molar-refractivity contribution < 1.29 is 18.0 Å². The summed E-state index contributed by atoms with van der Waals surface area (Å²) in [5.41, 5.74) is 4.91. The van der Waals surface area contributed by atoms with E-state index in [1.54, 1.807) is 24.3 Å². The summed E-state index contributed by atoms with van der Waals surface area (Å²) in [5.74, 6) is 0.859. The van der Waals surface area contributed by atoms with E-state index in [9.17, 15) is 9.59 Å². The average molecular weight is 629 g/mol. The molecule has 8 heteroatoms. The van der Waals surface area contributed by atoms with Crippen LogP contribution in [0.2, 0.25) is 0 Å². The first-order chi connectivity index (χ1) is 21.9. The number of hydrogen-bond acceptors (Lipinski definition) is 8. The molecule has 0 bridgehead atoms. The highest BCUT2D eigenvalue weighted by Gasteiger charge is 2.37. The van der Waals surface area contributed by atoms with Gasteiger partial charge in [-0.3, -0.25) is 20.4 Å². The van der Waals surface area contributed by atoms with Gasteiger partial charge in [-0.05, 0) is 60.4 Å². The van der Waals surface area contributed by atoms with Gasteiger partial charge in [0.15, 0.2) is 0 Å². The normalized spacial score (nSPS) is 16.9. The lowest BCUT2D eigenvalue weighted by Crippen LogP contribution is -2.23. The Balaban J connectivity index is 1.05. The summed E-state index contributed by atoms with van der Waals surface area (Å²) in [6.45, 7) is 0. The van der Waals surface area contributed by atoms with Gasteiger partial charge in [0.05, 0.1) is 33.9 Å². The van der Waals surface area contributed by atoms with Crippen molar-refractivity contribution in [3.8, 4) is 11.5 Å². The summed E-state index contributed by atoms with van der Waals surface area (Å²) in [6.07, 6.45) is 7.55. The van der Waals surface area contributed by atoms with E-state index >= 15 is 0 Å². The third-order valence-corrected chi connectivity index (χ3v) is 10.2. The van der Waals surface area contributed by atoms with Gasteiger partial charge in [-0.1, -0.05) is 85.6 Å². The van der Waals surface area contributed by atoms with Crippen molar-refractivity contribution in [1.29, 1.82) is 10.8 Å². The molecule has 0 aliphatic heterocycles. The van der Waals surface area contributed by atoms with Crippen LogP contribution >= 0.6 is 24.1 Å². The van der Waals surface area contributed by atoms with E-state index in [1.807, 2.05) is 60.7 Å². The molecule has 4 aromatic carbocycles. The van der Waals surface area contributed by atoms with Crippen LogP contribution in [0.1, 0.15) is 68.7 Å². The maximum absolute atomic E-state index is 12.4. The van der Waals surface area contributed by atoms with Gasteiger partial charge < -0.3 is 8.37 Å². The third-order valence-electron chi connectivity index (χ3n) is 8.64. The molecular formula is C37H28N2O4S2. The van der Waals surface area contributed by atoms with Crippen molar-refractivity contribution in [2.24, 2.45) is 0 Å². The lowest BCUT2D eigenvalue weighted by Gasteiger charge is -2.31. The predicted octanol–water partition coefficient (Wildman–Crippen LogP) is 9.12. The lowest BCUT2D eigenvalue weighted by molar-refractivity contribution is 0.105. The smallest absolute Gasteiger partial charge is 0.211 e. The highest BCUT2D eigenvalue weighted by molar-refractivity contribution is 8.04. The SMILES string of the molecule is N=C1C=C(SOc2ccc(C3(c4ccc(OSC5=CC(=N)C(=O)c6ccccc65)cc4)CCCC3)cc2)c2ccccc2C1=O. The summed E-state index contributed by atoms with van der Waals surface area (Å²) in [6, 6.07) is 31.1. The van der Waals surface area contributed by atoms with E-state index in [-0.39, 0.29) is 28.4 Å². The fourth-order valence-electron chi connectivity index (χ4n) is 6.34. The minimum absolute atomic E-state index is 0.0401. The van der Waals surface area contributed by atoms with Gasteiger partial charge in [0, 0.05) is 27.7 Å². The van der Waals surface area contributed by atoms with Crippen LogP contribution in [0, 0.1) is 10.8 Å². The number of rotatable bonds is 8. The predicted molar refractivity (Wildman–Crippen MR) is 182 cm³/mol. The Morgan fingerprint density at radius 1 is 0.533 bits per heavy atom. The van der Waals surface area contributed by atoms with Crippen LogP contribution in [-0.2, 0) is 5.41 Å². The Kier molecular flexibility index (Phi) is 7.77. The van der Waals surface area contributed by atoms with Crippen LogP contribution in [-0.4, -0.2) is 23.0 Å². The Hall–Kier alpha value is -4.66. The van der Waals surface area contributed by atoms with Crippen LogP contribution in [0.5, 0.6) is 11.5 Å². The molecule has 0 atom stereocenters. The monoisotopic (exact) mass is 628 g/mol. The van der Waals surface area contributed by atoms with Gasteiger partial charge >= 0.3 is 0 Å². The molecule has 222 valence electrons. The minimum Gasteiger partial charge on any atom is -0.421 e. The van der Waals surface area contributed by atoms with E-state index in [0.717, 1.165) is 46.6 Å². The number of hydrogen-bond donors (Lipinski definition) is 2. The highest BCUT2D eigenvalue weighted by atomic mass is 32.2. The van der Waals surface area contributed by atoms with E-state index in [2.05, 4.69) is 24.3 Å². The lowest BCUT2D eigenvalue weighted by atomic mass is 9.73. The number of ketones is 2. The summed E-state index contributed by atoms with van der Waals surface area (Å²) in [4.78, 5) is 26.2. The Morgan fingerprint density at radius 3 is 1.31 bits per heavy atom. The van der Waals surface area contributed by atoms with Gasteiger partial charge in [0.1, 0.15) is 22.9 Å². The van der Waals surface area contributed by atoms with E-state index in [0.29, 0.717) is 22.6 Å². The molecule has 0 aromatic heterocycles. The standard InChI is InChI=1S/C37H28N2O4S2/c38-31-21-33(27-7-1-3-9-29(27)35(31)40)44-42-25-15-11-23(12-16-25)37(19-5-6-20-37)24-13-17-26(18-14-24)43-45-34-22-32(39)36(41)30-10-4-2-8-28(30)34/h1-4,7-18,21-22,38-39H,5-6,19-20H2. The maximum atomic E-state index is 12.4. The molecule has 45 heavy (non-hydrogen) atoms. The van der Waals surface area contributed by atoms with E-state index < -0.39 is 0 Å². The fourth-order valence-corrected chi connectivity index (χ4v) is 7.80. The van der Waals surface area contributed by atoms with Gasteiger partial charge in [-0.15, -0.1) is 0 Å². The number of nitrogens with one attached hydrogen (secondary N) is 2. The van der Waals surface area contributed by atoms with Gasteiger partial charge in [-0.25, -0.2) is 0 Å². The van der Waals surface area contributed by atoms with E-state index in [1.165, 1.54) is 35.2 Å². The number of carbonyl (C=O) groups excluding carboxylic acids is 2. The van der Waals surface area contributed by atoms with Gasteiger partial charge in [0.2, 0.25) is 11.6 Å². The van der Waals surface area contributed by atoms with Crippen molar-refractivity contribution in [2.75, 3.05) is 0 Å². The summed E-state index contributed by atoms with van der Waals surface area (Å²) in [5, 5.41) is 16.1. The van der Waals surface area contributed by atoms with Crippen LogP contribution in [0.4, 0.5) is 0 Å². The number of fused-ring (bicyclic) bond motifs is 2. The first-order valence-electron chi connectivity index (χ1n) is 14.7. The maximum Gasteiger partial charge on any atom is 0.211 e. The molecule has 0 saturated heterocycles. The second-order valence-electron chi connectivity index (χ2n) is 11.3. The topological polar surface area (TPSA) is 100 Å². The zero-order valence-electron chi connectivity index (χ0n) is 24.2. The molecule has 2 N–H and O–H groups in total. The second kappa shape index (κ2) is 12.0. The Morgan fingerprint density at radius 2 is 0.911 bits per heavy atom. The van der Waals surface area contributed by atoms with Crippen molar-refractivity contribution >= 4 is 56.9 Å². The van der Waals surface area contributed by atoms with Crippen LogP contribution in [0.3, 0.4) is 0 Å². The summed E-state index contributed by atoms with van der Waals surface area (Å²) >= 11 is 2.33. The largest absolute Gasteiger partial charge is 0.421 e. The molecule has 6 nitrogen and oxygen atoms in total. The second-order valence-corrected chi connectivity index (χ2v) is 12.8. The molecular weight excluding hydrogens is 601 g/mol. The quantitative estimate of drug-likeness (QED) is 0.189. The molecule has 4 aromatic rings. The molecule has 0 amide bonds. The van der Waals surface area contributed by atoms with Gasteiger partial charge in [-0.2, -0.15) is 0 Å². The van der Waals surface area contributed by atoms with Gasteiger partial charge in [0.25, 0.3) is 0 Å². The van der Waals surface area contributed by atoms with Crippen molar-refractivity contribution in [1.82, 2.24) is 0 Å². The third kappa shape index (κ3) is 5.45. The number of allylic oxidation sites excluding steroid dienone is 2. The number of carbonyl (C=O) groups is 2. The molecule has 0 heterocycles. The molecule has 0 spiro atoms. The van der Waals surface area contributed by atoms with Crippen LogP contribution < -0.4 is 8.37 Å². The minimum atomic E-state index is -0.272. The molecule has 7 rings (SSSR count). The zero-order valence-corrected chi connectivity index (χ0v) is 25.8. The Labute approximate surface area is 270 Å². The van der Waals surface area contributed by atoms with Crippen molar-refractivity contribution in [2.45, 2.75) is 31.1 Å². The van der Waals surface area contributed by atoms with Crippen LogP contribution in [0.15, 0.2) is 109 Å². The number of Topliss-reactive ketones (excluding diaryl/α,β-unsaturated/α-hetero) is 2. The van der Waals surface area contributed by atoms with Crippen molar-refractivity contribution in [3.63, 3.8) is 0 Å². The molecule has 3 aliphatic rings. The fraction of sp³-hybridized carbons (Fsp3) is 0.135. The first-order valence-corrected chi connectivity index (χ1v) is 16.2. The summed E-state index contributed by atoms with van der Waals surface area (Å²) in [7, 11) is 0. The van der Waals surface area contributed by atoms with Crippen molar-refractivity contribution in [3.05, 3.63) is 143 Å². The van der Waals surface area contributed by atoms with E-state index in [4.69, 9.17) is 19.2 Å². The molecule has 1 fully saturated rings. The Bertz CT molecular complexity index is 1790. The summed E-state index contributed by atoms with van der Waals surface area (Å²) < 4.78 is 12.1.